The highest BCUT2D eigenvalue weighted by Crippen LogP contribution is 2.38. The molecule has 0 aromatic heterocycles. The summed E-state index contributed by atoms with van der Waals surface area (Å²) in [7, 11) is 0. The third kappa shape index (κ3) is 5.78. The lowest BCUT2D eigenvalue weighted by molar-refractivity contribution is 0.172. The zero-order valence-corrected chi connectivity index (χ0v) is 20.5. The number of nitrogens with zero attached hydrogens (tertiary/aromatic N) is 1. The highest BCUT2D eigenvalue weighted by molar-refractivity contribution is 5.98. The van der Waals surface area contributed by atoms with Gasteiger partial charge in [0.05, 0.1) is 0 Å². The van der Waals surface area contributed by atoms with Gasteiger partial charge in [-0.1, -0.05) is 66.7 Å². The van der Waals surface area contributed by atoms with Crippen molar-refractivity contribution in [2.45, 2.75) is 51.5 Å². The molecule has 0 amide bonds. The first-order valence-corrected chi connectivity index (χ1v) is 12.6. The van der Waals surface area contributed by atoms with E-state index in [-0.39, 0.29) is 12.4 Å². The van der Waals surface area contributed by atoms with Gasteiger partial charge in [0.25, 0.3) is 0 Å². The van der Waals surface area contributed by atoms with Crippen LogP contribution in [0.5, 0.6) is 5.75 Å². The van der Waals surface area contributed by atoms with Gasteiger partial charge in [-0.3, -0.25) is 0 Å². The van der Waals surface area contributed by atoms with E-state index in [9.17, 15) is 10.2 Å². The Kier molecular flexibility index (Phi) is 8.21. The van der Waals surface area contributed by atoms with E-state index in [1.807, 2.05) is 18.2 Å². The highest BCUT2D eigenvalue weighted by atomic mass is 16.3. The summed E-state index contributed by atoms with van der Waals surface area (Å²) in [6, 6.07) is 27.6. The molecule has 1 saturated heterocycles. The summed E-state index contributed by atoms with van der Waals surface area (Å²) in [6.45, 7) is 7.01. The van der Waals surface area contributed by atoms with Gasteiger partial charge in [-0.25, -0.2) is 0 Å². The van der Waals surface area contributed by atoms with Gasteiger partial charge in [-0.15, -0.1) is 0 Å². The van der Waals surface area contributed by atoms with Crippen LogP contribution in [0.2, 0.25) is 0 Å². The molecule has 0 saturated carbocycles. The Balaban J connectivity index is 1.80. The van der Waals surface area contributed by atoms with E-state index in [1.165, 1.54) is 29.5 Å². The van der Waals surface area contributed by atoms with Gasteiger partial charge in [-0.2, -0.15) is 0 Å². The van der Waals surface area contributed by atoms with Crippen LogP contribution >= 0.6 is 0 Å². The maximum atomic E-state index is 10.3. The van der Waals surface area contributed by atoms with Crippen LogP contribution in [0.3, 0.4) is 0 Å². The van der Waals surface area contributed by atoms with Crippen LogP contribution in [0.4, 0.5) is 0 Å². The number of likely N-dealkylation sites (tertiary alicyclic amines) is 1. The summed E-state index contributed by atoms with van der Waals surface area (Å²) >= 11 is 0. The van der Waals surface area contributed by atoms with Crippen molar-refractivity contribution in [3.05, 3.63) is 101 Å². The number of rotatable bonds is 8. The highest BCUT2D eigenvalue weighted by Gasteiger charge is 2.23. The second-order valence-electron chi connectivity index (χ2n) is 9.63. The van der Waals surface area contributed by atoms with Crippen molar-refractivity contribution in [3.63, 3.8) is 0 Å². The number of aliphatic hydroxyl groups is 1. The Morgan fingerprint density at radius 3 is 2.15 bits per heavy atom. The molecule has 0 spiro atoms. The van der Waals surface area contributed by atoms with Crippen LogP contribution in [0.15, 0.2) is 78.9 Å². The van der Waals surface area contributed by atoms with E-state index in [4.69, 9.17) is 0 Å². The molecular weight excluding hydrogens is 418 g/mol. The molecule has 3 aromatic carbocycles. The Bertz CT molecular complexity index is 1100. The van der Waals surface area contributed by atoms with Crippen molar-refractivity contribution in [2.75, 3.05) is 19.7 Å². The molecule has 0 aliphatic carbocycles. The molecule has 3 heteroatoms. The molecule has 1 aliphatic rings. The van der Waals surface area contributed by atoms with E-state index in [1.54, 1.807) is 6.07 Å². The first-order chi connectivity index (χ1) is 16.6. The van der Waals surface area contributed by atoms with Crippen molar-refractivity contribution in [1.82, 2.24) is 4.90 Å². The zero-order chi connectivity index (χ0) is 23.9. The van der Waals surface area contributed by atoms with Crippen LogP contribution in [-0.2, 0) is 0 Å². The molecule has 1 heterocycles. The summed E-state index contributed by atoms with van der Waals surface area (Å²) in [6.07, 6.45) is 3.83. The molecule has 0 radical (unpaired) electrons. The summed E-state index contributed by atoms with van der Waals surface area (Å²) in [5.74, 6) is 0.833. The van der Waals surface area contributed by atoms with Crippen molar-refractivity contribution in [3.8, 4) is 5.75 Å². The molecule has 3 nitrogen and oxygen atoms in total. The average Bonchev–Trinajstić information content (AvgIpc) is 2.87. The van der Waals surface area contributed by atoms with Gasteiger partial charge in [0, 0.05) is 12.6 Å². The molecule has 178 valence electrons. The molecule has 1 aliphatic heterocycles. The van der Waals surface area contributed by atoms with E-state index in [0.29, 0.717) is 18.4 Å². The predicted octanol–water partition coefficient (Wildman–Crippen LogP) is 6.71. The maximum Gasteiger partial charge on any atom is 0.116 e. The normalized spacial score (nSPS) is 16.0. The zero-order valence-electron chi connectivity index (χ0n) is 20.5. The molecule has 2 N–H and O–H groups in total. The summed E-state index contributed by atoms with van der Waals surface area (Å²) in [4.78, 5) is 2.57. The Morgan fingerprint density at radius 1 is 0.853 bits per heavy atom. The van der Waals surface area contributed by atoms with Crippen molar-refractivity contribution in [1.29, 1.82) is 0 Å². The van der Waals surface area contributed by atoms with E-state index in [0.717, 1.165) is 36.2 Å². The number of hydrogen-bond acceptors (Lipinski definition) is 3. The molecule has 1 fully saturated rings. The molecule has 4 rings (SSSR count). The van der Waals surface area contributed by atoms with E-state index in [2.05, 4.69) is 73.3 Å². The average molecular weight is 456 g/mol. The predicted molar refractivity (Wildman–Crippen MR) is 142 cm³/mol. The minimum absolute atomic E-state index is 0.151. The lowest BCUT2D eigenvalue weighted by Crippen LogP contribution is -2.37. The topological polar surface area (TPSA) is 43.7 Å². The smallest absolute Gasteiger partial charge is 0.116 e. The first-order valence-electron chi connectivity index (χ1n) is 12.6. The number of aromatic hydroxyl groups is 1. The number of phenolic OH excluding ortho intramolecular Hbond substituents is 1. The minimum atomic E-state index is 0.151. The Labute approximate surface area is 204 Å². The maximum absolute atomic E-state index is 10.3. The van der Waals surface area contributed by atoms with Gasteiger partial charge in [0.2, 0.25) is 0 Å². The van der Waals surface area contributed by atoms with Gasteiger partial charge in [0.1, 0.15) is 5.75 Å². The quantitative estimate of drug-likeness (QED) is 0.371. The van der Waals surface area contributed by atoms with Crippen LogP contribution < -0.4 is 0 Å². The van der Waals surface area contributed by atoms with Crippen LogP contribution in [0.1, 0.15) is 67.7 Å². The van der Waals surface area contributed by atoms with Gasteiger partial charge >= 0.3 is 0 Å². The number of benzene rings is 3. The third-order valence-electron chi connectivity index (χ3n) is 7.05. The number of hydrogen-bond donors (Lipinski definition) is 2. The van der Waals surface area contributed by atoms with Gasteiger partial charge in [-0.05, 0) is 104 Å². The molecular formula is C31H37NO2. The summed E-state index contributed by atoms with van der Waals surface area (Å²) < 4.78 is 0. The van der Waals surface area contributed by atoms with Crippen molar-refractivity contribution >= 4 is 11.1 Å². The van der Waals surface area contributed by atoms with E-state index >= 15 is 0 Å². The Hall–Kier alpha value is -2.88. The van der Waals surface area contributed by atoms with Gasteiger partial charge in [0.15, 0.2) is 0 Å². The Morgan fingerprint density at radius 2 is 1.50 bits per heavy atom. The molecule has 0 unspecified atom stereocenters. The van der Waals surface area contributed by atoms with Crippen LogP contribution in [0, 0.1) is 0 Å². The molecule has 0 bridgehead atoms. The van der Waals surface area contributed by atoms with E-state index < -0.39 is 0 Å². The number of allylic oxidation sites excluding steroid dienone is 1. The second-order valence-corrected chi connectivity index (χ2v) is 9.63. The number of phenols is 1. The third-order valence-corrected chi connectivity index (χ3v) is 7.05. The fourth-order valence-corrected chi connectivity index (χ4v) is 5.18. The summed E-state index contributed by atoms with van der Waals surface area (Å²) in [5, 5.41) is 19.9. The lowest BCUT2D eigenvalue weighted by atomic mass is 9.83. The number of piperidine rings is 1. The second kappa shape index (κ2) is 11.5. The fourth-order valence-electron chi connectivity index (χ4n) is 5.18. The first kappa shape index (κ1) is 24.3. The van der Waals surface area contributed by atoms with Crippen molar-refractivity contribution < 1.29 is 10.2 Å². The fraction of sp³-hybridized carbons (Fsp3) is 0.355. The van der Waals surface area contributed by atoms with Gasteiger partial charge < -0.3 is 15.1 Å². The summed E-state index contributed by atoms with van der Waals surface area (Å²) in [5.41, 5.74) is 7.07. The SMILES string of the molecule is CC(C)N1CCC(c2cccc(/C(=C(/CCCO)c3ccccc3)c3cccc(O)c3)c2)CC1. The minimum Gasteiger partial charge on any atom is -0.508 e. The van der Waals surface area contributed by atoms with Crippen LogP contribution in [0.25, 0.3) is 11.1 Å². The molecule has 3 aromatic rings. The largest absolute Gasteiger partial charge is 0.508 e. The molecule has 34 heavy (non-hydrogen) atoms. The standard InChI is InChI=1S/C31H37NO2/c1-23(2)32-18-16-24(17-19-32)26-11-6-12-27(21-26)31(28-13-7-14-29(34)22-28)30(15-8-20-33)25-9-4-3-5-10-25/h3-7,9-14,21-24,33-34H,8,15-20H2,1-2H3/b31-30+. The molecule has 0 atom stereocenters. The van der Waals surface area contributed by atoms with Crippen molar-refractivity contribution in [2.24, 2.45) is 0 Å². The number of aliphatic hydroxyl groups excluding tert-OH is 1. The monoisotopic (exact) mass is 455 g/mol. The lowest BCUT2D eigenvalue weighted by Gasteiger charge is -2.35. The van der Waals surface area contributed by atoms with Crippen LogP contribution in [-0.4, -0.2) is 40.9 Å².